The fourth-order valence-electron chi connectivity index (χ4n) is 1.75. The van der Waals surface area contributed by atoms with Gasteiger partial charge in [0, 0.05) is 11.3 Å². The summed E-state index contributed by atoms with van der Waals surface area (Å²) in [5.74, 6) is 0. The van der Waals surface area contributed by atoms with E-state index in [-0.39, 0.29) is 0 Å². The quantitative estimate of drug-likeness (QED) is 0.673. The number of hydrogen-bond acceptors (Lipinski definition) is 1. The average Bonchev–Trinajstić information content (AvgIpc) is 2.41. The van der Waals surface area contributed by atoms with Crippen molar-refractivity contribution in [2.24, 2.45) is 0 Å². The van der Waals surface area contributed by atoms with Gasteiger partial charge in [-0.15, -0.1) is 0 Å². The van der Waals surface area contributed by atoms with Crippen LogP contribution >= 0.6 is 11.8 Å². The Hall–Kier alpha value is -1.47. The molecule has 0 amide bonds. The van der Waals surface area contributed by atoms with Gasteiger partial charge in [-0.1, -0.05) is 65.9 Å². The lowest BCUT2D eigenvalue weighted by Gasteiger charge is -2.07. The standard InChI is InChI=1S/C17H18S/c1-3-16(13-15-7-5-4-6-8-15)18-17-11-9-14(2)10-12-17/h3-12H,13H2,1-2H3/b16-3+. The van der Waals surface area contributed by atoms with Gasteiger partial charge in [0.15, 0.2) is 0 Å². The van der Waals surface area contributed by atoms with Crippen LogP contribution in [0.1, 0.15) is 18.1 Å². The van der Waals surface area contributed by atoms with Crippen molar-refractivity contribution < 1.29 is 0 Å². The molecule has 0 aromatic heterocycles. The van der Waals surface area contributed by atoms with E-state index in [1.165, 1.54) is 20.9 Å². The summed E-state index contributed by atoms with van der Waals surface area (Å²) in [6, 6.07) is 19.3. The Bertz CT molecular complexity index is 509. The van der Waals surface area contributed by atoms with E-state index in [9.17, 15) is 0 Å². The minimum absolute atomic E-state index is 1.01. The molecule has 0 atom stereocenters. The van der Waals surface area contributed by atoms with Crippen molar-refractivity contribution in [1.29, 1.82) is 0 Å². The maximum atomic E-state index is 2.21. The molecule has 0 N–H and O–H groups in total. The average molecular weight is 254 g/mol. The third-order valence-corrected chi connectivity index (χ3v) is 3.96. The Labute approximate surface area is 114 Å². The normalized spacial score (nSPS) is 11.6. The molecule has 0 aliphatic carbocycles. The molecule has 1 heteroatoms. The highest BCUT2D eigenvalue weighted by Gasteiger charge is 2.01. The molecule has 0 nitrogen and oxygen atoms in total. The number of allylic oxidation sites excluding steroid dienone is 2. The molecule has 18 heavy (non-hydrogen) atoms. The monoisotopic (exact) mass is 254 g/mol. The van der Waals surface area contributed by atoms with Crippen LogP contribution in [0, 0.1) is 6.92 Å². The van der Waals surface area contributed by atoms with Crippen molar-refractivity contribution in [3.63, 3.8) is 0 Å². The Morgan fingerprint density at radius 2 is 1.67 bits per heavy atom. The molecule has 2 aromatic rings. The predicted molar refractivity (Wildman–Crippen MR) is 80.9 cm³/mol. The van der Waals surface area contributed by atoms with Gasteiger partial charge in [-0.3, -0.25) is 0 Å². The number of aryl methyl sites for hydroxylation is 1. The zero-order valence-electron chi connectivity index (χ0n) is 10.9. The van der Waals surface area contributed by atoms with Gasteiger partial charge in [-0.05, 0) is 36.4 Å². The molecular weight excluding hydrogens is 236 g/mol. The van der Waals surface area contributed by atoms with E-state index < -0.39 is 0 Å². The van der Waals surface area contributed by atoms with Crippen molar-refractivity contribution in [3.05, 3.63) is 76.7 Å². The molecule has 0 spiro atoms. The van der Waals surface area contributed by atoms with Crippen LogP contribution in [-0.2, 0) is 6.42 Å². The van der Waals surface area contributed by atoms with Crippen molar-refractivity contribution >= 4 is 11.8 Å². The lowest BCUT2D eigenvalue weighted by molar-refractivity contribution is 1.23. The van der Waals surface area contributed by atoms with Gasteiger partial charge in [0.25, 0.3) is 0 Å². The lowest BCUT2D eigenvalue weighted by Crippen LogP contribution is -1.86. The molecule has 2 aromatic carbocycles. The summed E-state index contributed by atoms with van der Waals surface area (Å²) in [7, 11) is 0. The van der Waals surface area contributed by atoms with Gasteiger partial charge in [-0.2, -0.15) is 0 Å². The second-order valence-corrected chi connectivity index (χ2v) is 5.53. The lowest BCUT2D eigenvalue weighted by atomic mass is 10.1. The highest BCUT2D eigenvalue weighted by Crippen LogP contribution is 2.29. The third-order valence-electron chi connectivity index (χ3n) is 2.81. The SMILES string of the molecule is C/C=C(\Cc1ccccc1)Sc1ccc(C)cc1. The number of rotatable bonds is 4. The molecule has 0 fully saturated rings. The summed E-state index contributed by atoms with van der Waals surface area (Å²) in [6.07, 6.45) is 3.22. The number of hydrogen-bond donors (Lipinski definition) is 0. The first-order valence-corrected chi connectivity index (χ1v) is 7.03. The molecular formula is C17H18S. The molecule has 0 heterocycles. The highest BCUT2D eigenvalue weighted by molar-refractivity contribution is 8.03. The first-order valence-electron chi connectivity index (χ1n) is 6.21. The van der Waals surface area contributed by atoms with Crippen LogP contribution in [-0.4, -0.2) is 0 Å². The smallest absolute Gasteiger partial charge is 0.0119 e. The van der Waals surface area contributed by atoms with Crippen LogP contribution < -0.4 is 0 Å². The van der Waals surface area contributed by atoms with E-state index in [4.69, 9.17) is 0 Å². The van der Waals surface area contributed by atoms with E-state index in [1.807, 2.05) is 11.8 Å². The highest BCUT2D eigenvalue weighted by atomic mass is 32.2. The second-order valence-electron chi connectivity index (χ2n) is 4.33. The van der Waals surface area contributed by atoms with Crippen LogP contribution in [0.3, 0.4) is 0 Å². The van der Waals surface area contributed by atoms with Crippen molar-refractivity contribution in [3.8, 4) is 0 Å². The fourth-order valence-corrected chi connectivity index (χ4v) is 2.68. The van der Waals surface area contributed by atoms with Crippen LogP contribution in [0.5, 0.6) is 0 Å². The minimum Gasteiger partial charge on any atom is -0.0945 e. The minimum atomic E-state index is 1.01. The zero-order valence-corrected chi connectivity index (χ0v) is 11.7. The summed E-state index contributed by atoms with van der Waals surface area (Å²) >= 11 is 1.85. The summed E-state index contributed by atoms with van der Waals surface area (Å²) in [5, 5.41) is 0. The predicted octanol–water partition coefficient (Wildman–Crippen LogP) is 5.23. The van der Waals surface area contributed by atoms with Crippen molar-refractivity contribution in [1.82, 2.24) is 0 Å². The van der Waals surface area contributed by atoms with Gasteiger partial charge in [-0.25, -0.2) is 0 Å². The van der Waals surface area contributed by atoms with E-state index in [1.54, 1.807) is 0 Å². The van der Waals surface area contributed by atoms with Crippen LogP contribution in [0.2, 0.25) is 0 Å². The van der Waals surface area contributed by atoms with Crippen LogP contribution in [0.25, 0.3) is 0 Å². The Morgan fingerprint density at radius 1 is 1.00 bits per heavy atom. The topological polar surface area (TPSA) is 0 Å². The maximum Gasteiger partial charge on any atom is 0.0119 e. The van der Waals surface area contributed by atoms with E-state index in [0.717, 1.165) is 6.42 Å². The Balaban J connectivity index is 2.04. The van der Waals surface area contributed by atoms with E-state index in [0.29, 0.717) is 0 Å². The summed E-state index contributed by atoms with van der Waals surface area (Å²) < 4.78 is 0. The summed E-state index contributed by atoms with van der Waals surface area (Å²) in [6.45, 7) is 4.23. The largest absolute Gasteiger partial charge is 0.0945 e. The molecule has 0 saturated carbocycles. The second kappa shape index (κ2) is 6.46. The van der Waals surface area contributed by atoms with E-state index in [2.05, 4.69) is 74.5 Å². The van der Waals surface area contributed by atoms with Gasteiger partial charge >= 0.3 is 0 Å². The molecule has 0 aliphatic rings. The van der Waals surface area contributed by atoms with E-state index >= 15 is 0 Å². The molecule has 92 valence electrons. The van der Waals surface area contributed by atoms with Gasteiger partial charge in [0.05, 0.1) is 0 Å². The van der Waals surface area contributed by atoms with Crippen LogP contribution in [0.4, 0.5) is 0 Å². The number of benzene rings is 2. The van der Waals surface area contributed by atoms with Crippen LogP contribution in [0.15, 0.2) is 70.5 Å². The molecule has 0 aliphatic heterocycles. The first kappa shape index (κ1) is 13.0. The fraction of sp³-hybridized carbons (Fsp3) is 0.176. The summed E-state index contributed by atoms with van der Waals surface area (Å²) in [5.41, 5.74) is 2.68. The summed E-state index contributed by atoms with van der Waals surface area (Å²) in [4.78, 5) is 2.70. The zero-order chi connectivity index (χ0) is 12.8. The molecule has 0 bridgehead atoms. The number of thioether (sulfide) groups is 1. The Morgan fingerprint density at radius 3 is 2.28 bits per heavy atom. The molecule has 0 radical (unpaired) electrons. The van der Waals surface area contributed by atoms with Crippen molar-refractivity contribution in [2.45, 2.75) is 25.2 Å². The first-order chi connectivity index (χ1) is 8.78. The maximum absolute atomic E-state index is 2.21. The molecule has 0 unspecified atom stereocenters. The van der Waals surface area contributed by atoms with Crippen molar-refractivity contribution in [2.75, 3.05) is 0 Å². The third kappa shape index (κ3) is 3.78. The van der Waals surface area contributed by atoms with Gasteiger partial charge in [0.2, 0.25) is 0 Å². The molecule has 2 rings (SSSR count). The molecule has 0 saturated heterocycles. The Kier molecular flexibility index (Phi) is 4.66. The van der Waals surface area contributed by atoms with Gasteiger partial charge in [0.1, 0.15) is 0 Å². The van der Waals surface area contributed by atoms with Gasteiger partial charge < -0.3 is 0 Å².